The minimum atomic E-state index is -2.29. The zero-order valence-electron chi connectivity index (χ0n) is 13.4. The molecule has 0 bridgehead atoms. The van der Waals surface area contributed by atoms with Gasteiger partial charge < -0.3 is 10.3 Å². The lowest BCUT2D eigenvalue weighted by Crippen LogP contribution is -2.39. The summed E-state index contributed by atoms with van der Waals surface area (Å²) in [7, 11) is 0. The summed E-state index contributed by atoms with van der Waals surface area (Å²) in [6.07, 6.45) is -0.387. The number of hydrogen-bond acceptors (Lipinski definition) is 2. The second kappa shape index (κ2) is 6.71. The van der Waals surface area contributed by atoms with E-state index in [0.717, 1.165) is 5.39 Å². The molecule has 128 valence electrons. The maximum atomic E-state index is 12.7. The molecule has 4 nitrogen and oxygen atoms in total. The van der Waals surface area contributed by atoms with E-state index in [1.54, 1.807) is 19.1 Å². The molecule has 0 unspecified atom stereocenters. The predicted octanol–water partition coefficient (Wildman–Crippen LogP) is 3.39. The van der Waals surface area contributed by atoms with Gasteiger partial charge in [0.15, 0.2) is 0 Å². The van der Waals surface area contributed by atoms with Gasteiger partial charge in [0.2, 0.25) is 6.43 Å². The number of alkyl halides is 2. The highest BCUT2D eigenvalue weighted by atomic mass is 19.3. The van der Waals surface area contributed by atoms with E-state index in [-0.39, 0.29) is 23.2 Å². The van der Waals surface area contributed by atoms with Crippen molar-refractivity contribution < 1.29 is 13.6 Å². The third kappa shape index (κ3) is 3.18. The Hall–Kier alpha value is -2.24. The summed E-state index contributed by atoms with van der Waals surface area (Å²) in [4.78, 5) is 27.3. The van der Waals surface area contributed by atoms with Crippen LogP contribution in [0.5, 0.6) is 0 Å². The Morgan fingerprint density at radius 1 is 1.17 bits per heavy atom. The number of aryl methyl sites for hydroxylation is 1. The highest BCUT2D eigenvalue weighted by Crippen LogP contribution is 2.29. The van der Waals surface area contributed by atoms with E-state index in [9.17, 15) is 18.4 Å². The van der Waals surface area contributed by atoms with Crippen molar-refractivity contribution in [1.82, 2.24) is 10.3 Å². The number of nitrogens with one attached hydrogen (secondary N) is 2. The highest BCUT2D eigenvalue weighted by Gasteiger charge is 2.28. The van der Waals surface area contributed by atoms with E-state index >= 15 is 0 Å². The number of carbonyl (C=O) groups excluding carboxylic acids is 1. The largest absolute Gasteiger partial charge is 0.348 e. The van der Waals surface area contributed by atoms with Crippen molar-refractivity contribution in [2.24, 2.45) is 5.92 Å². The third-order valence-electron chi connectivity index (χ3n) is 4.88. The minimum absolute atomic E-state index is 0.123. The molecule has 0 radical (unpaired) electrons. The van der Waals surface area contributed by atoms with Gasteiger partial charge in [-0.05, 0) is 49.6 Å². The standard InChI is InChI=1S/C18H20F2N2O2/c1-10-13-4-2-3-5-14(13)17(23)22-15(10)18(24)21-12-8-6-11(7-9-12)16(19)20/h2-5,11-12,16H,6-9H2,1H3,(H,21,24)(H,22,23). The molecule has 6 heteroatoms. The molecule has 0 saturated heterocycles. The van der Waals surface area contributed by atoms with E-state index < -0.39 is 12.3 Å². The number of amides is 1. The highest BCUT2D eigenvalue weighted by molar-refractivity contribution is 5.99. The number of hydrogen-bond donors (Lipinski definition) is 2. The summed E-state index contributed by atoms with van der Waals surface area (Å²) in [6.45, 7) is 1.79. The van der Waals surface area contributed by atoms with E-state index in [2.05, 4.69) is 10.3 Å². The molecule has 1 amide bonds. The molecule has 0 aliphatic heterocycles. The van der Waals surface area contributed by atoms with Crippen LogP contribution in [0.25, 0.3) is 10.8 Å². The lowest BCUT2D eigenvalue weighted by atomic mass is 9.86. The molecule has 0 atom stereocenters. The first kappa shape index (κ1) is 16.6. The fourth-order valence-corrected chi connectivity index (χ4v) is 3.42. The van der Waals surface area contributed by atoms with Gasteiger partial charge in [-0.3, -0.25) is 9.59 Å². The maximum absolute atomic E-state index is 12.7. The number of rotatable bonds is 3. The molecular weight excluding hydrogens is 314 g/mol. The first-order valence-electron chi connectivity index (χ1n) is 8.18. The number of H-pyrrole nitrogens is 1. The Morgan fingerprint density at radius 3 is 2.42 bits per heavy atom. The average molecular weight is 334 g/mol. The summed E-state index contributed by atoms with van der Waals surface area (Å²) in [6, 6.07) is 7.00. The van der Waals surface area contributed by atoms with Crippen LogP contribution < -0.4 is 10.9 Å². The van der Waals surface area contributed by atoms with Crippen molar-refractivity contribution in [2.75, 3.05) is 0 Å². The number of carbonyl (C=O) groups is 1. The zero-order valence-corrected chi connectivity index (χ0v) is 13.4. The molecule has 1 saturated carbocycles. The van der Waals surface area contributed by atoms with Crippen LogP contribution in [-0.4, -0.2) is 23.4 Å². The van der Waals surface area contributed by atoms with Gasteiger partial charge in [-0.25, -0.2) is 8.78 Å². The number of aromatic nitrogens is 1. The zero-order chi connectivity index (χ0) is 17.3. The summed E-state index contributed by atoms with van der Waals surface area (Å²) in [5.74, 6) is -0.920. The number of benzene rings is 1. The molecular formula is C18H20F2N2O2. The van der Waals surface area contributed by atoms with Crippen LogP contribution in [0.3, 0.4) is 0 Å². The van der Waals surface area contributed by atoms with E-state index in [0.29, 0.717) is 36.6 Å². The van der Waals surface area contributed by atoms with Crippen LogP contribution >= 0.6 is 0 Å². The molecule has 1 aromatic heterocycles. The second-order valence-electron chi connectivity index (χ2n) is 6.42. The quantitative estimate of drug-likeness (QED) is 0.904. The number of halogens is 2. The van der Waals surface area contributed by atoms with Crippen molar-refractivity contribution in [1.29, 1.82) is 0 Å². The van der Waals surface area contributed by atoms with Crippen LogP contribution in [0.1, 0.15) is 41.7 Å². The van der Waals surface area contributed by atoms with E-state index in [1.807, 2.05) is 12.1 Å². The Labute approximate surface area is 138 Å². The van der Waals surface area contributed by atoms with Crippen molar-refractivity contribution >= 4 is 16.7 Å². The van der Waals surface area contributed by atoms with E-state index in [1.165, 1.54) is 0 Å². The van der Waals surface area contributed by atoms with Gasteiger partial charge in [-0.1, -0.05) is 18.2 Å². The number of pyridine rings is 1. The van der Waals surface area contributed by atoms with Gasteiger partial charge in [0.1, 0.15) is 5.69 Å². The first-order chi connectivity index (χ1) is 11.5. The van der Waals surface area contributed by atoms with Gasteiger partial charge in [0.05, 0.1) is 0 Å². The summed E-state index contributed by atoms with van der Waals surface area (Å²) >= 11 is 0. The van der Waals surface area contributed by atoms with Crippen LogP contribution in [0.4, 0.5) is 8.78 Å². The van der Waals surface area contributed by atoms with Crippen molar-refractivity contribution in [3.05, 3.63) is 45.9 Å². The Balaban J connectivity index is 1.78. The third-order valence-corrected chi connectivity index (χ3v) is 4.88. The van der Waals surface area contributed by atoms with Gasteiger partial charge >= 0.3 is 0 Å². The molecule has 2 aromatic rings. The number of fused-ring (bicyclic) bond motifs is 1. The summed E-state index contributed by atoms with van der Waals surface area (Å²) in [5.41, 5.74) is 0.654. The van der Waals surface area contributed by atoms with Crippen LogP contribution in [-0.2, 0) is 0 Å². The average Bonchev–Trinajstić information content (AvgIpc) is 2.58. The molecule has 1 aliphatic carbocycles. The molecule has 1 fully saturated rings. The molecule has 2 N–H and O–H groups in total. The van der Waals surface area contributed by atoms with Crippen molar-refractivity contribution in [3.8, 4) is 0 Å². The lowest BCUT2D eigenvalue weighted by Gasteiger charge is -2.28. The Morgan fingerprint density at radius 2 is 1.79 bits per heavy atom. The van der Waals surface area contributed by atoms with E-state index in [4.69, 9.17) is 0 Å². The minimum Gasteiger partial charge on any atom is -0.348 e. The van der Waals surface area contributed by atoms with Crippen LogP contribution in [0.15, 0.2) is 29.1 Å². The molecule has 1 aliphatic rings. The molecule has 0 spiro atoms. The Bertz CT molecular complexity index is 808. The SMILES string of the molecule is Cc1c(C(=O)NC2CCC(C(F)F)CC2)[nH]c(=O)c2ccccc12. The van der Waals surface area contributed by atoms with Crippen molar-refractivity contribution in [3.63, 3.8) is 0 Å². The van der Waals surface area contributed by atoms with Crippen LogP contribution in [0.2, 0.25) is 0 Å². The normalized spacial score (nSPS) is 21.2. The van der Waals surface area contributed by atoms with Crippen LogP contribution in [0, 0.1) is 12.8 Å². The smallest absolute Gasteiger partial charge is 0.268 e. The topological polar surface area (TPSA) is 62.0 Å². The molecule has 1 aromatic carbocycles. The summed E-state index contributed by atoms with van der Waals surface area (Å²) in [5, 5.41) is 4.16. The lowest BCUT2D eigenvalue weighted by molar-refractivity contribution is 0.0499. The van der Waals surface area contributed by atoms with Gasteiger partial charge in [0, 0.05) is 17.3 Å². The summed E-state index contributed by atoms with van der Waals surface area (Å²) < 4.78 is 25.4. The van der Waals surface area contributed by atoms with Gasteiger partial charge in [-0.15, -0.1) is 0 Å². The fraction of sp³-hybridized carbons (Fsp3) is 0.444. The number of aromatic amines is 1. The van der Waals surface area contributed by atoms with Gasteiger partial charge in [0.25, 0.3) is 11.5 Å². The van der Waals surface area contributed by atoms with Crippen molar-refractivity contribution in [2.45, 2.75) is 45.1 Å². The molecule has 1 heterocycles. The maximum Gasteiger partial charge on any atom is 0.268 e. The Kier molecular flexibility index (Phi) is 4.64. The predicted molar refractivity (Wildman–Crippen MR) is 88.5 cm³/mol. The molecule has 24 heavy (non-hydrogen) atoms. The first-order valence-corrected chi connectivity index (χ1v) is 8.18. The second-order valence-corrected chi connectivity index (χ2v) is 6.42. The van der Waals surface area contributed by atoms with Gasteiger partial charge in [-0.2, -0.15) is 0 Å². The monoisotopic (exact) mass is 334 g/mol. The fourth-order valence-electron chi connectivity index (χ4n) is 3.42. The molecule has 3 rings (SSSR count).